The predicted molar refractivity (Wildman–Crippen MR) is 53.9 cm³/mol. The van der Waals surface area contributed by atoms with Gasteiger partial charge in [0.15, 0.2) is 0 Å². The normalized spacial score (nSPS) is 10.5. The Balaban J connectivity index is 0. The van der Waals surface area contributed by atoms with Crippen LogP contribution in [0.25, 0.3) is 0 Å². The van der Waals surface area contributed by atoms with Crippen LogP contribution in [0.4, 0.5) is 4.79 Å². The van der Waals surface area contributed by atoms with E-state index in [2.05, 4.69) is 5.43 Å². The molecule has 13 heavy (non-hydrogen) atoms. The van der Waals surface area contributed by atoms with Crippen molar-refractivity contribution in [3.05, 3.63) is 0 Å². The van der Waals surface area contributed by atoms with Gasteiger partial charge in [-0.2, -0.15) is 0 Å². The molecule has 4 N–H and O–H groups in total. The van der Waals surface area contributed by atoms with Crippen molar-refractivity contribution in [1.29, 1.82) is 0 Å². The van der Waals surface area contributed by atoms with E-state index in [4.69, 9.17) is 10.9 Å². The van der Waals surface area contributed by atoms with Crippen molar-refractivity contribution in [2.24, 2.45) is 5.84 Å². The second-order valence-electron chi connectivity index (χ2n) is 3.56. The average Bonchev–Trinajstić information content (AvgIpc) is 1.84. The first-order valence-electron chi connectivity index (χ1n) is 3.83. The smallest absolute Gasteiger partial charge is 0.407 e. The van der Waals surface area contributed by atoms with Gasteiger partial charge in [0.05, 0.1) is 0 Å². The molecule has 0 aromatic heterocycles. The van der Waals surface area contributed by atoms with Gasteiger partial charge in [-0.3, -0.25) is 11.3 Å². The fraction of sp³-hybridized carbons (Fsp3) is 0.857. The average molecular weight is 212 g/mol. The highest BCUT2D eigenvalue weighted by Gasteiger charge is 2.24. The maximum absolute atomic E-state index is 10.7. The van der Waals surface area contributed by atoms with Gasteiger partial charge in [0.1, 0.15) is 0 Å². The molecule has 0 atom stereocenters. The van der Waals surface area contributed by atoms with Crippen LogP contribution in [0.5, 0.6) is 0 Å². The number of carbonyl (C=O) groups is 1. The largest absolute Gasteiger partial charge is 0.465 e. The minimum absolute atomic E-state index is 0. The van der Waals surface area contributed by atoms with Gasteiger partial charge in [-0.15, -0.1) is 12.4 Å². The number of nitrogens with two attached hydrogens (primary N) is 1. The van der Waals surface area contributed by atoms with Crippen LogP contribution >= 0.6 is 12.4 Å². The second kappa shape index (κ2) is 6.01. The quantitative estimate of drug-likeness (QED) is 0.473. The van der Waals surface area contributed by atoms with E-state index in [1.54, 1.807) is 0 Å². The van der Waals surface area contributed by atoms with Crippen molar-refractivity contribution in [3.63, 3.8) is 0 Å². The van der Waals surface area contributed by atoms with E-state index in [0.717, 1.165) is 0 Å². The van der Waals surface area contributed by atoms with Crippen LogP contribution in [0.2, 0.25) is 0 Å². The van der Waals surface area contributed by atoms with Gasteiger partial charge in [-0.1, -0.05) is 0 Å². The van der Waals surface area contributed by atoms with E-state index in [1.165, 1.54) is 4.90 Å². The Morgan fingerprint density at radius 3 is 2.23 bits per heavy atom. The molecular weight excluding hydrogens is 194 g/mol. The Bertz CT molecular complexity index is 158. The van der Waals surface area contributed by atoms with Crippen molar-refractivity contribution in [2.45, 2.75) is 26.3 Å². The van der Waals surface area contributed by atoms with Gasteiger partial charge in [-0.05, 0) is 20.8 Å². The summed E-state index contributed by atoms with van der Waals surface area (Å²) in [5.74, 6) is 5.05. The number of hydrogen-bond donors (Lipinski definition) is 3. The summed E-state index contributed by atoms with van der Waals surface area (Å²) < 4.78 is 0. The van der Waals surface area contributed by atoms with Crippen molar-refractivity contribution < 1.29 is 9.90 Å². The van der Waals surface area contributed by atoms with Crippen LogP contribution in [0.1, 0.15) is 20.8 Å². The van der Waals surface area contributed by atoms with E-state index in [9.17, 15) is 4.79 Å². The number of carboxylic acid groups (broad SMARTS) is 1. The summed E-state index contributed by atoms with van der Waals surface area (Å²) >= 11 is 0. The molecule has 0 rings (SSSR count). The Labute approximate surface area is 84.7 Å². The molecule has 0 aliphatic carbocycles. The fourth-order valence-electron chi connectivity index (χ4n) is 0.894. The molecular formula is C7H18ClN3O2. The van der Waals surface area contributed by atoms with Crippen LogP contribution in [-0.4, -0.2) is 34.7 Å². The maximum atomic E-state index is 10.7. The fourth-order valence-corrected chi connectivity index (χ4v) is 0.894. The molecule has 0 unspecified atom stereocenters. The van der Waals surface area contributed by atoms with Crippen LogP contribution in [0, 0.1) is 0 Å². The van der Waals surface area contributed by atoms with Gasteiger partial charge < -0.3 is 10.0 Å². The topological polar surface area (TPSA) is 78.6 Å². The summed E-state index contributed by atoms with van der Waals surface area (Å²) in [6, 6.07) is 0. The molecule has 0 aliphatic rings. The summed E-state index contributed by atoms with van der Waals surface area (Å²) in [7, 11) is 0. The Kier molecular flexibility index (Phi) is 6.93. The number of nitrogens with one attached hydrogen (secondary N) is 1. The molecule has 0 bridgehead atoms. The molecule has 5 nitrogen and oxygen atoms in total. The summed E-state index contributed by atoms with van der Waals surface area (Å²) in [6.07, 6.45) is -0.919. The van der Waals surface area contributed by atoms with Crippen molar-refractivity contribution in [1.82, 2.24) is 10.3 Å². The van der Waals surface area contributed by atoms with Gasteiger partial charge >= 0.3 is 6.09 Å². The van der Waals surface area contributed by atoms with Crippen LogP contribution < -0.4 is 11.3 Å². The van der Waals surface area contributed by atoms with Gasteiger partial charge in [0.2, 0.25) is 0 Å². The van der Waals surface area contributed by atoms with Crippen LogP contribution in [-0.2, 0) is 0 Å². The predicted octanol–water partition coefficient (Wildman–Crippen LogP) is 0.650. The Morgan fingerprint density at radius 1 is 1.54 bits per heavy atom. The van der Waals surface area contributed by atoms with Crippen molar-refractivity contribution in [2.75, 3.05) is 13.1 Å². The van der Waals surface area contributed by atoms with Crippen molar-refractivity contribution >= 4 is 18.5 Å². The molecule has 0 aliphatic heterocycles. The number of rotatable bonds is 3. The van der Waals surface area contributed by atoms with Gasteiger partial charge in [0, 0.05) is 18.6 Å². The van der Waals surface area contributed by atoms with E-state index >= 15 is 0 Å². The maximum Gasteiger partial charge on any atom is 0.407 e. The minimum atomic E-state index is -0.919. The van der Waals surface area contributed by atoms with Crippen LogP contribution in [0.15, 0.2) is 0 Å². The molecule has 0 saturated carbocycles. The highest BCUT2D eigenvalue weighted by Crippen LogP contribution is 2.11. The van der Waals surface area contributed by atoms with E-state index < -0.39 is 6.09 Å². The summed E-state index contributed by atoms with van der Waals surface area (Å²) in [6.45, 7) is 6.39. The molecule has 0 aromatic rings. The van der Waals surface area contributed by atoms with E-state index in [1.807, 2.05) is 20.8 Å². The molecule has 0 spiro atoms. The molecule has 0 radical (unpaired) electrons. The highest BCUT2D eigenvalue weighted by atomic mass is 35.5. The lowest BCUT2D eigenvalue weighted by molar-refractivity contribution is 0.101. The number of amides is 1. The standard InChI is InChI=1S/C7H17N3O2.ClH/c1-7(2,3)10(6(11)12)5-4-9-8;/h9H,4-5,8H2,1-3H3,(H,11,12);1H. The molecule has 6 heteroatoms. The monoisotopic (exact) mass is 211 g/mol. The molecule has 1 amide bonds. The third kappa shape index (κ3) is 5.68. The van der Waals surface area contributed by atoms with Gasteiger partial charge in [0.25, 0.3) is 0 Å². The lowest BCUT2D eigenvalue weighted by Crippen LogP contribution is -2.48. The molecule has 0 aromatic carbocycles. The lowest BCUT2D eigenvalue weighted by Gasteiger charge is -2.32. The molecule has 0 heterocycles. The first kappa shape index (κ1) is 15.0. The minimum Gasteiger partial charge on any atom is -0.465 e. The van der Waals surface area contributed by atoms with Gasteiger partial charge in [-0.25, -0.2) is 4.79 Å². The van der Waals surface area contributed by atoms with Crippen molar-refractivity contribution in [3.8, 4) is 0 Å². The van der Waals surface area contributed by atoms with E-state index in [0.29, 0.717) is 13.1 Å². The summed E-state index contributed by atoms with van der Waals surface area (Å²) in [4.78, 5) is 12.0. The number of hydrazine groups is 1. The Morgan fingerprint density at radius 2 is 2.00 bits per heavy atom. The molecule has 0 saturated heterocycles. The number of nitrogens with zero attached hydrogens (tertiary/aromatic N) is 1. The third-order valence-corrected chi connectivity index (χ3v) is 1.52. The summed E-state index contributed by atoms with van der Waals surface area (Å²) in [5.41, 5.74) is 2.05. The van der Waals surface area contributed by atoms with E-state index in [-0.39, 0.29) is 17.9 Å². The molecule has 0 fully saturated rings. The lowest BCUT2D eigenvalue weighted by atomic mass is 10.1. The zero-order valence-electron chi connectivity index (χ0n) is 8.20. The first-order chi connectivity index (χ1) is 5.39. The zero-order chi connectivity index (χ0) is 9.78. The third-order valence-electron chi connectivity index (χ3n) is 1.52. The highest BCUT2D eigenvalue weighted by molar-refractivity contribution is 5.85. The van der Waals surface area contributed by atoms with Crippen LogP contribution in [0.3, 0.4) is 0 Å². The molecule has 80 valence electrons. The second-order valence-corrected chi connectivity index (χ2v) is 3.56. The first-order valence-corrected chi connectivity index (χ1v) is 3.83. The summed E-state index contributed by atoms with van der Waals surface area (Å²) in [5, 5.41) is 8.79. The number of halogens is 1. The zero-order valence-corrected chi connectivity index (χ0v) is 9.02. The Hall–Kier alpha value is -0.520. The number of hydrogen-bond acceptors (Lipinski definition) is 3. The SMILES string of the molecule is CC(C)(C)N(CCNN)C(=O)O.Cl.